The van der Waals surface area contributed by atoms with Crippen molar-refractivity contribution in [2.75, 3.05) is 0 Å². The van der Waals surface area contributed by atoms with Gasteiger partial charge in [0.2, 0.25) is 0 Å². The standard InChI is InChI=1S/C7H7NO2.CH2F2O/c1-6-3-2-4-7(5-6)8(9)10;2-1(3)4/h2-5H,1H3;1,4H. The van der Waals surface area contributed by atoms with Crippen LogP contribution in [0.5, 0.6) is 0 Å². The summed E-state index contributed by atoms with van der Waals surface area (Å²) in [6.07, 6.45) is 0. The molecule has 0 aliphatic carbocycles. The monoisotopic (exact) mass is 205 g/mol. The number of aliphatic hydroxyl groups is 1. The Kier molecular flexibility index (Phi) is 5.31. The Hall–Kier alpha value is -1.56. The van der Waals surface area contributed by atoms with Gasteiger partial charge in [0.25, 0.3) is 5.69 Å². The van der Waals surface area contributed by atoms with Gasteiger partial charge in [-0.15, -0.1) is 0 Å². The molecule has 0 aliphatic heterocycles. The largest absolute Gasteiger partial charge is 0.342 e. The predicted molar refractivity (Wildman–Crippen MR) is 46.1 cm³/mol. The third-order valence-electron chi connectivity index (χ3n) is 1.21. The highest BCUT2D eigenvalue weighted by Gasteiger charge is 2.01. The summed E-state index contributed by atoms with van der Waals surface area (Å²) in [5.41, 5.74) is 1.06. The van der Waals surface area contributed by atoms with Crippen molar-refractivity contribution in [1.82, 2.24) is 0 Å². The SMILES string of the molecule is Cc1cccc([N+](=O)[O-])c1.OC(F)F. The first kappa shape index (κ1) is 12.4. The summed E-state index contributed by atoms with van der Waals surface area (Å²) >= 11 is 0. The van der Waals surface area contributed by atoms with Crippen LogP contribution in [-0.2, 0) is 0 Å². The number of hydrogen-bond acceptors (Lipinski definition) is 3. The van der Waals surface area contributed by atoms with Gasteiger partial charge in [-0.3, -0.25) is 10.1 Å². The van der Waals surface area contributed by atoms with E-state index in [1.54, 1.807) is 12.1 Å². The molecular formula is C8H9F2NO3. The number of nitrogens with zero attached hydrogens (tertiary/aromatic N) is 1. The first-order valence-corrected chi connectivity index (χ1v) is 3.60. The molecule has 0 spiro atoms. The lowest BCUT2D eigenvalue weighted by atomic mass is 10.2. The van der Waals surface area contributed by atoms with Gasteiger partial charge in [-0.2, -0.15) is 8.78 Å². The van der Waals surface area contributed by atoms with Crippen molar-refractivity contribution in [2.24, 2.45) is 0 Å². The zero-order valence-corrected chi connectivity index (χ0v) is 7.35. The fourth-order valence-electron chi connectivity index (χ4n) is 0.742. The number of alkyl halides is 2. The molecule has 0 heterocycles. The molecule has 14 heavy (non-hydrogen) atoms. The lowest BCUT2D eigenvalue weighted by Crippen LogP contribution is -1.86. The third kappa shape index (κ3) is 6.01. The maximum Gasteiger partial charge on any atom is 0.342 e. The van der Waals surface area contributed by atoms with Crippen LogP contribution in [0.15, 0.2) is 24.3 Å². The quantitative estimate of drug-likeness (QED) is 0.564. The summed E-state index contributed by atoms with van der Waals surface area (Å²) in [4.78, 5) is 9.76. The summed E-state index contributed by atoms with van der Waals surface area (Å²) < 4.78 is 19.8. The van der Waals surface area contributed by atoms with Crippen LogP contribution in [-0.4, -0.2) is 16.6 Å². The number of aryl methyl sites for hydroxylation is 1. The Labute approximate surface area is 78.9 Å². The number of non-ortho nitro benzene ring substituents is 1. The fourth-order valence-corrected chi connectivity index (χ4v) is 0.742. The molecule has 0 bridgehead atoms. The molecule has 0 amide bonds. The Morgan fingerprint density at radius 2 is 2.00 bits per heavy atom. The Bertz CT molecular complexity index is 302. The highest BCUT2D eigenvalue weighted by Crippen LogP contribution is 2.11. The fraction of sp³-hybridized carbons (Fsp3) is 0.250. The van der Waals surface area contributed by atoms with Crippen LogP contribution in [0, 0.1) is 17.0 Å². The van der Waals surface area contributed by atoms with Crippen molar-refractivity contribution in [2.45, 2.75) is 13.5 Å². The van der Waals surface area contributed by atoms with E-state index in [0.29, 0.717) is 0 Å². The zero-order valence-electron chi connectivity index (χ0n) is 7.35. The minimum absolute atomic E-state index is 0.153. The van der Waals surface area contributed by atoms with Gasteiger partial charge in [-0.25, -0.2) is 0 Å². The second-order valence-corrected chi connectivity index (χ2v) is 2.37. The van der Waals surface area contributed by atoms with Gasteiger partial charge in [-0.05, 0) is 12.5 Å². The highest BCUT2D eigenvalue weighted by molar-refractivity contribution is 5.33. The van der Waals surface area contributed by atoms with E-state index in [2.05, 4.69) is 0 Å². The van der Waals surface area contributed by atoms with Crippen LogP contribution in [0.4, 0.5) is 14.5 Å². The van der Waals surface area contributed by atoms with E-state index >= 15 is 0 Å². The molecule has 0 unspecified atom stereocenters. The first-order valence-electron chi connectivity index (χ1n) is 3.60. The topological polar surface area (TPSA) is 63.4 Å². The lowest BCUT2D eigenvalue weighted by molar-refractivity contribution is -0.384. The molecule has 78 valence electrons. The van der Waals surface area contributed by atoms with Crippen molar-refractivity contribution in [3.63, 3.8) is 0 Å². The summed E-state index contributed by atoms with van der Waals surface area (Å²) in [7, 11) is 0. The van der Waals surface area contributed by atoms with Crippen molar-refractivity contribution >= 4 is 5.69 Å². The number of benzene rings is 1. The van der Waals surface area contributed by atoms with Crippen molar-refractivity contribution in [3.05, 3.63) is 39.9 Å². The maximum atomic E-state index is 10.2. The number of hydrogen-bond donors (Lipinski definition) is 1. The average molecular weight is 205 g/mol. The minimum Gasteiger partial charge on any atom is -0.339 e. The van der Waals surface area contributed by atoms with Crippen molar-refractivity contribution in [1.29, 1.82) is 0 Å². The number of nitro groups is 1. The van der Waals surface area contributed by atoms with Gasteiger partial charge in [-0.1, -0.05) is 12.1 Å². The number of halogens is 2. The van der Waals surface area contributed by atoms with Crippen LogP contribution in [0.25, 0.3) is 0 Å². The zero-order chi connectivity index (χ0) is 11.1. The molecule has 0 aliphatic rings. The van der Waals surface area contributed by atoms with Crippen LogP contribution in [0.3, 0.4) is 0 Å². The van der Waals surface area contributed by atoms with Crippen LogP contribution >= 0.6 is 0 Å². The van der Waals surface area contributed by atoms with E-state index in [4.69, 9.17) is 5.11 Å². The normalized spacial score (nSPS) is 9.21. The molecule has 0 saturated carbocycles. The van der Waals surface area contributed by atoms with E-state index < -0.39 is 11.5 Å². The van der Waals surface area contributed by atoms with E-state index in [0.717, 1.165) is 5.56 Å². The summed E-state index contributed by atoms with van der Waals surface area (Å²) in [5.74, 6) is 0. The molecule has 0 radical (unpaired) electrons. The summed E-state index contributed by atoms with van der Waals surface area (Å²) in [6.45, 7) is -1.34. The maximum absolute atomic E-state index is 10.2. The van der Waals surface area contributed by atoms with Gasteiger partial charge < -0.3 is 5.11 Å². The van der Waals surface area contributed by atoms with Gasteiger partial charge in [0.15, 0.2) is 0 Å². The predicted octanol–water partition coefficient (Wildman–Crippen LogP) is 2.10. The van der Waals surface area contributed by atoms with Gasteiger partial charge >= 0.3 is 6.61 Å². The summed E-state index contributed by atoms with van der Waals surface area (Å²) in [5, 5.41) is 16.9. The number of aliphatic hydroxyl groups excluding tert-OH is 1. The minimum atomic E-state index is -3.17. The second-order valence-electron chi connectivity index (χ2n) is 2.37. The molecule has 0 aromatic heterocycles. The summed E-state index contributed by atoms with van der Waals surface area (Å²) in [6, 6.07) is 6.52. The number of nitro benzene ring substituents is 1. The molecule has 1 N–H and O–H groups in total. The Morgan fingerprint density at radius 1 is 1.50 bits per heavy atom. The molecule has 1 rings (SSSR count). The molecule has 0 fully saturated rings. The van der Waals surface area contributed by atoms with Crippen LogP contribution in [0.2, 0.25) is 0 Å². The van der Waals surface area contributed by atoms with E-state index in [9.17, 15) is 18.9 Å². The molecule has 0 atom stereocenters. The molecule has 0 saturated heterocycles. The van der Waals surface area contributed by atoms with Crippen molar-refractivity contribution in [3.8, 4) is 0 Å². The van der Waals surface area contributed by atoms with E-state index in [1.165, 1.54) is 6.07 Å². The Balaban J connectivity index is 0.000000364. The second kappa shape index (κ2) is 5.98. The Morgan fingerprint density at radius 3 is 2.29 bits per heavy atom. The average Bonchev–Trinajstić information content (AvgIpc) is 2.03. The van der Waals surface area contributed by atoms with Crippen LogP contribution in [0.1, 0.15) is 5.56 Å². The lowest BCUT2D eigenvalue weighted by Gasteiger charge is -1.90. The van der Waals surface area contributed by atoms with Crippen molar-refractivity contribution < 1.29 is 18.8 Å². The molecule has 6 heteroatoms. The smallest absolute Gasteiger partial charge is 0.339 e. The molecule has 1 aromatic carbocycles. The van der Waals surface area contributed by atoms with E-state index in [1.807, 2.05) is 13.0 Å². The molecule has 4 nitrogen and oxygen atoms in total. The van der Waals surface area contributed by atoms with Gasteiger partial charge in [0, 0.05) is 12.1 Å². The van der Waals surface area contributed by atoms with Gasteiger partial charge in [0.1, 0.15) is 0 Å². The third-order valence-corrected chi connectivity index (χ3v) is 1.21. The first-order chi connectivity index (χ1) is 6.43. The van der Waals surface area contributed by atoms with Gasteiger partial charge in [0.05, 0.1) is 4.92 Å². The van der Waals surface area contributed by atoms with Crippen LogP contribution < -0.4 is 0 Å². The highest BCUT2D eigenvalue weighted by atomic mass is 19.3. The number of rotatable bonds is 1. The molecule has 1 aromatic rings. The van der Waals surface area contributed by atoms with E-state index in [-0.39, 0.29) is 5.69 Å². The molecular weight excluding hydrogens is 196 g/mol.